The van der Waals surface area contributed by atoms with Gasteiger partial charge in [0.2, 0.25) is 5.91 Å². The maximum absolute atomic E-state index is 12.1. The van der Waals surface area contributed by atoms with Crippen LogP contribution in [0.4, 0.5) is 5.13 Å². The Morgan fingerprint density at radius 1 is 1.58 bits per heavy atom. The van der Waals surface area contributed by atoms with Crippen LogP contribution in [0, 0.1) is 5.92 Å². The van der Waals surface area contributed by atoms with Crippen LogP contribution < -0.4 is 5.32 Å². The number of fused-ring (bicyclic) bond motifs is 1. The first-order valence-corrected chi connectivity index (χ1v) is 9.23. The van der Waals surface area contributed by atoms with E-state index in [1.54, 1.807) is 24.5 Å². The molecule has 1 amide bonds. The number of thiazole rings is 1. The number of amides is 1. The van der Waals surface area contributed by atoms with Crippen LogP contribution in [0.25, 0.3) is 0 Å². The molecule has 0 spiro atoms. The quantitative estimate of drug-likeness (QED) is 0.835. The fourth-order valence-corrected chi connectivity index (χ4v) is 4.18. The molecule has 2 N–H and O–H groups in total. The van der Waals surface area contributed by atoms with Gasteiger partial charge in [0.25, 0.3) is 0 Å². The number of hydrogen-bond donors (Lipinski definition) is 2. The largest absolute Gasteiger partial charge is 0.387 e. The van der Waals surface area contributed by atoms with E-state index in [1.165, 1.54) is 28.8 Å². The lowest BCUT2D eigenvalue weighted by molar-refractivity contribution is -0.116. The van der Waals surface area contributed by atoms with Gasteiger partial charge in [0.05, 0.1) is 18.0 Å². The minimum atomic E-state index is -0.691. The number of nitrogens with one attached hydrogen (secondary N) is 1. The summed E-state index contributed by atoms with van der Waals surface area (Å²) in [5.74, 6) is 0.564. The number of hydrogen-bond acceptors (Lipinski definition) is 6. The van der Waals surface area contributed by atoms with Gasteiger partial charge in [-0.2, -0.15) is 0 Å². The van der Waals surface area contributed by atoms with Crippen LogP contribution >= 0.6 is 11.3 Å². The highest BCUT2D eigenvalue weighted by molar-refractivity contribution is 7.15. The third-order valence-electron chi connectivity index (χ3n) is 4.27. The second kappa shape index (κ2) is 7.40. The van der Waals surface area contributed by atoms with E-state index in [-0.39, 0.29) is 12.5 Å². The van der Waals surface area contributed by atoms with E-state index >= 15 is 0 Å². The van der Waals surface area contributed by atoms with Gasteiger partial charge < -0.3 is 10.4 Å². The summed E-state index contributed by atoms with van der Waals surface area (Å²) < 4.78 is 1.42. The maximum atomic E-state index is 12.1. The molecule has 2 aromatic heterocycles. The summed E-state index contributed by atoms with van der Waals surface area (Å²) in [5, 5.41) is 20.6. The van der Waals surface area contributed by atoms with E-state index in [4.69, 9.17) is 0 Å². The number of aliphatic hydroxyl groups excluding tert-OH is 1. The van der Waals surface area contributed by atoms with Crippen LogP contribution in [-0.2, 0) is 24.2 Å². The van der Waals surface area contributed by atoms with E-state index in [0.29, 0.717) is 10.8 Å². The molecule has 0 fully saturated rings. The molecule has 0 saturated carbocycles. The highest BCUT2D eigenvalue weighted by Gasteiger charge is 2.22. The zero-order valence-electron chi connectivity index (χ0n) is 14.0. The van der Waals surface area contributed by atoms with E-state index in [9.17, 15) is 9.90 Å². The van der Waals surface area contributed by atoms with Gasteiger partial charge in [-0.25, -0.2) is 9.67 Å². The molecule has 2 aromatic rings. The van der Waals surface area contributed by atoms with Crippen molar-refractivity contribution in [2.24, 2.45) is 5.92 Å². The van der Waals surface area contributed by atoms with Crippen LogP contribution in [-0.4, -0.2) is 31.0 Å². The molecule has 0 unspecified atom stereocenters. The van der Waals surface area contributed by atoms with E-state index in [0.717, 1.165) is 24.5 Å². The molecular formula is C16H23N5O2S. The summed E-state index contributed by atoms with van der Waals surface area (Å²) in [7, 11) is 0. The number of rotatable bonds is 6. The number of anilines is 1. The first-order valence-electron chi connectivity index (χ1n) is 8.41. The molecular weight excluding hydrogens is 326 g/mol. The summed E-state index contributed by atoms with van der Waals surface area (Å²) in [6, 6.07) is 0. The minimum Gasteiger partial charge on any atom is -0.387 e. The lowest BCUT2D eigenvalue weighted by Crippen LogP contribution is -2.19. The van der Waals surface area contributed by atoms with Crippen molar-refractivity contribution in [1.29, 1.82) is 0 Å². The fourth-order valence-electron chi connectivity index (χ4n) is 3.04. The van der Waals surface area contributed by atoms with Crippen LogP contribution in [0.2, 0.25) is 0 Å². The molecule has 7 nitrogen and oxygen atoms in total. The predicted molar refractivity (Wildman–Crippen MR) is 91.8 cm³/mol. The Labute approximate surface area is 145 Å². The summed E-state index contributed by atoms with van der Waals surface area (Å²) in [4.78, 5) is 18.0. The Morgan fingerprint density at radius 2 is 2.42 bits per heavy atom. The summed E-state index contributed by atoms with van der Waals surface area (Å²) in [5.41, 5.74) is 1.59. The summed E-state index contributed by atoms with van der Waals surface area (Å²) >= 11 is 1.59. The van der Waals surface area contributed by atoms with Crippen molar-refractivity contribution in [2.45, 2.75) is 58.6 Å². The number of aromatic nitrogens is 4. The van der Waals surface area contributed by atoms with E-state index in [2.05, 4.69) is 27.5 Å². The Balaban J connectivity index is 1.59. The lowest BCUT2D eigenvalue weighted by atomic mass is 9.88. The smallest absolute Gasteiger partial charge is 0.247 e. The van der Waals surface area contributed by atoms with Crippen molar-refractivity contribution in [3.8, 4) is 0 Å². The zero-order valence-corrected chi connectivity index (χ0v) is 14.8. The number of nitrogens with zero attached hydrogens (tertiary/aromatic N) is 4. The van der Waals surface area contributed by atoms with Gasteiger partial charge in [-0.3, -0.25) is 4.79 Å². The molecule has 1 aliphatic rings. The second-order valence-corrected chi connectivity index (χ2v) is 7.44. The minimum absolute atomic E-state index is 0.0580. The molecule has 0 saturated heterocycles. The second-order valence-electron chi connectivity index (χ2n) is 6.35. The Bertz CT molecular complexity index is 709. The molecule has 2 heterocycles. The first-order chi connectivity index (χ1) is 11.5. The van der Waals surface area contributed by atoms with E-state index in [1.807, 2.05) is 0 Å². The number of aryl methyl sites for hydroxylation is 1. The molecule has 0 aromatic carbocycles. The van der Waals surface area contributed by atoms with Crippen molar-refractivity contribution in [3.05, 3.63) is 22.5 Å². The third kappa shape index (κ3) is 3.99. The fraction of sp³-hybridized carbons (Fsp3) is 0.625. The van der Waals surface area contributed by atoms with Crippen molar-refractivity contribution < 1.29 is 9.90 Å². The first kappa shape index (κ1) is 17.0. The number of aliphatic hydroxyl groups is 1. The molecule has 2 atom stereocenters. The maximum Gasteiger partial charge on any atom is 0.247 e. The van der Waals surface area contributed by atoms with E-state index < -0.39 is 6.10 Å². The van der Waals surface area contributed by atoms with Gasteiger partial charge >= 0.3 is 0 Å². The SMILES string of the molecule is CCC[C@@H]1CCc2nc(NC(=O)Cn3cc([C@H](C)O)nn3)sc2C1. The van der Waals surface area contributed by atoms with Crippen LogP contribution in [0.3, 0.4) is 0 Å². The molecule has 0 radical (unpaired) electrons. The normalized spacial score (nSPS) is 18.2. The molecule has 8 heteroatoms. The van der Waals surface area contributed by atoms with Crippen LogP contribution in [0.5, 0.6) is 0 Å². The Morgan fingerprint density at radius 3 is 3.12 bits per heavy atom. The number of carbonyl (C=O) groups is 1. The van der Waals surface area contributed by atoms with Gasteiger partial charge in [-0.15, -0.1) is 16.4 Å². The van der Waals surface area contributed by atoms with Crippen molar-refractivity contribution in [2.75, 3.05) is 5.32 Å². The topological polar surface area (TPSA) is 92.9 Å². The van der Waals surface area contributed by atoms with Gasteiger partial charge in [-0.1, -0.05) is 25.0 Å². The average molecular weight is 349 g/mol. The van der Waals surface area contributed by atoms with Gasteiger partial charge in [0, 0.05) is 4.88 Å². The summed E-state index contributed by atoms with van der Waals surface area (Å²) in [6.07, 6.45) is 6.64. The van der Waals surface area contributed by atoms with Gasteiger partial charge in [-0.05, 0) is 32.1 Å². The van der Waals surface area contributed by atoms with Gasteiger partial charge in [0.15, 0.2) is 5.13 Å². The third-order valence-corrected chi connectivity index (χ3v) is 5.31. The average Bonchev–Trinajstić information content (AvgIpc) is 3.13. The highest BCUT2D eigenvalue weighted by atomic mass is 32.1. The molecule has 3 rings (SSSR count). The van der Waals surface area contributed by atoms with Gasteiger partial charge in [0.1, 0.15) is 12.2 Å². The predicted octanol–water partition coefficient (Wildman–Crippen LogP) is 2.33. The molecule has 130 valence electrons. The van der Waals surface area contributed by atoms with Crippen LogP contribution in [0.1, 0.15) is 55.5 Å². The molecule has 0 bridgehead atoms. The highest BCUT2D eigenvalue weighted by Crippen LogP contribution is 2.34. The number of carbonyl (C=O) groups excluding carboxylic acids is 1. The molecule has 24 heavy (non-hydrogen) atoms. The molecule has 0 aliphatic heterocycles. The Kier molecular flexibility index (Phi) is 5.25. The van der Waals surface area contributed by atoms with Crippen LogP contribution in [0.15, 0.2) is 6.20 Å². The Hall–Kier alpha value is -1.80. The van der Waals surface area contributed by atoms with Crippen molar-refractivity contribution >= 4 is 22.4 Å². The lowest BCUT2D eigenvalue weighted by Gasteiger charge is -2.19. The van der Waals surface area contributed by atoms with Crippen molar-refractivity contribution in [1.82, 2.24) is 20.0 Å². The zero-order chi connectivity index (χ0) is 17.1. The standard InChI is InChI=1S/C16H23N5O2S/c1-3-4-11-5-6-12-14(7-11)24-16(17-12)18-15(23)9-21-8-13(10(2)22)19-20-21/h8,10-11,22H,3-7,9H2,1-2H3,(H,17,18,23)/t10-,11+/m0/s1. The summed E-state index contributed by atoms with van der Waals surface area (Å²) in [6.45, 7) is 3.89. The molecule has 1 aliphatic carbocycles. The monoisotopic (exact) mass is 349 g/mol. The van der Waals surface area contributed by atoms with Crippen molar-refractivity contribution in [3.63, 3.8) is 0 Å².